The molecule has 1 amide bonds. The summed E-state index contributed by atoms with van der Waals surface area (Å²) < 4.78 is 14.6. The largest absolute Gasteiger partial charge is 0.490 e. The van der Waals surface area contributed by atoms with Crippen LogP contribution >= 0.6 is 0 Å². The molecule has 154 valence electrons. The van der Waals surface area contributed by atoms with Gasteiger partial charge >= 0.3 is 5.69 Å². The number of hydrogen-bond acceptors (Lipinski definition) is 5. The van der Waals surface area contributed by atoms with Gasteiger partial charge in [0.2, 0.25) is 0 Å². The fourth-order valence-corrected chi connectivity index (χ4v) is 3.72. The number of aromatic nitrogens is 3. The number of para-hydroxylation sites is 1. The molecule has 29 heavy (non-hydrogen) atoms. The first-order valence-electron chi connectivity index (χ1n) is 10.2. The number of carbonyl (C=O) groups is 1. The molecule has 0 spiro atoms. The molecule has 0 radical (unpaired) electrons. The van der Waals surface area contributed by atoms with Crippen molar-refractivity contribution in [2.45, 2.75) is 45.7 Å². The number of hydrogen-bond donors (Lipinski definition) is 1. The van der Waals surface area contributed by atoms with Crippen LogP contribution in [0.1, 0.15) is 37.6 Å². The Labute approximate surface area is 169 Å². The minimum absolute atomic E-state index is 0.0453. The van der Waals surface area contributed by atoms with Crippen LogP contribution in [0.25, 0.3) is 6.08 Å². The van der Waals surface area contributed by atoms with Crippen LogP contribution < -0.4 is 20.5 Å². The molecule has 8 heteroatoms. The zero-order valence-corrected chi connectivity index (χ0v) is 16.6. The molecule has 0 unspecified atom stereocenters. The van der Waals surface area contributed by atoms with Gasteiger partial charge in [-0.25, -0.2) is 9.48 Å². The van der Waals surface area contributed by atoms with Gasteiger partial charge in [-0.2, -0.15) is 5.10 Å². The van der Waals surface area contributed by atoms with Crippen molar-refractivity contribution in [2.75, 3.05) is 19.8 Å². The first-order chi connectivity index (χ1) is 14.2. The number of amides is 1. The maximum Gasteiger partial charge on any atom is 0.345 e. The minimum atomic E-state index is -0.158. The smallest absolute Gasteiger partial charge is 0.345 e. The summed E-state index contributed by atoms with van der Waals surface area (Å²) in [5.41, 5.74) is 1.36. The van der Waals surface area contributed by atoms with E-state index in [-0.39, 0.29) is 18.2 Å². The lowest BCUT2D eigenvalue weighted by molar-refractivity contribution is -0.117. The molecule has 0 saturated heterocycles. The van der Waals surface area contributed by atoms with Gasteiger partial charge in [-0.15, -0.1) is 0 Å². The maximum absolute atomic E-state index is 12.5. The number of nitrogens with one attached hydrogen (secondary N) is 1. The van der Waals surface area contributed by atoms with Gasteiger partial charge in [0, 0.05) is 31.6 Å². The van der Waals surface area contributed by atoms with Crippen LogP contribution in [0.3, 0.4) is 0 Å². The van der Waals surface area contributed by atoms with Crippen LogP contribution in [0.5, 0.6) is 11.5 Å². The van der Waals surface area contributed by atoms with Crippen LogP contribution in [0.2, 0.25) is 0 Å². The van der Waals surface area contributed by atoms with E-state index in [1.165, 1.54) is 4.68 Å². The lowest BCUT2D eigenvalue weighted by Gasteiger charge is -2.20. The lowest BCUT2D eigenvalue weighted by Crippen LogP contribution is -2.31. The van der Waals surface area contributed by atoms with Crippen molar-refractivity contribution in [2.24, 2.45) is 0 Å². The first-order valence-corrected chi connectivity index (χ1v) is 10.2. The summed E-state index contributed by atoms with van der Waals surface area (Å²) in [5, 5.41) is 7.32. The van der Waals surface area contributed by atoms with E-state index >= 15 is 0 Å². The summed E-state index contributed by atoms with van der Waals surface area (Å²) in [7, 11) is 0. The van der Waals surface area contributed by atoms with Crippen LogP contribution in [-0.2, 0) is 24.3 Å². The second-order valence-corrected chi connectivity index (χ2v) is 7.21. The van der Waals surface area contributed by atoms with Gasteiger partial charge in [-0.1, -0.05) is 12.1 Å². The number of ether oxygens (including phenoxy) is 2. The second-order valence-electron chi connectivity index (χ2n) is 7.21. The standard InChI is InChI=1S/C21H26N4O4/c1-2-28-17-8-5-7-15-13-16(14-29-19(15)17)20(26)22-10-6-12-25-21(27)24-11-4-3-9-18(24)23-25/h5,7-8,13H,2-4,6,9-12,14H2,1H3,(H,22,26). The van der Waals surface area contributed by atoms with E-state index in [0.29, 0.717) is 43.2 Å². The fraction of sp³-hybridized carbons (Fsp3) is 0.476. The molecule has 4 rings (SSSR count). The SMILES string of the molecule is CCOc1cccc2c1OCC(C(=O)NCCCn1nc3n(c1=O)CCCC3)=C2. The van der Waals surface area contributed by atoms with E-state index in [4.69, 9.17) is 9.47 Å². The van der Waals surface area contributed by atoms with Gasteiger partial charge in [0.15, 0.2) is 11.5 Å². The Morgan fingerprint density at radius 2 is 2.24 bits per heavy atom. The highest BCUT2D eigenvalue weighted by Crippen LogP contribution is 2.35. The van der Waals surface area contributed by atoms with Crippen molar-refractivity contribution < 1.29 is 14.3 Å². The number of nitrogens with zero attached hydrogens (tertiary/aromatic N) is 3. The fourth-order valence-electron chi connectivity index (χ4n) is 3.72. The maximum atomic E-state index is 12.5. The second kappa shape index (κ2) is 8.55. The number of carbonyl (C=O) groups excluding carboxylic acids is 1. The third-order valence-electron chi connectivity index (χ3n) is 5.17. The minimum Gasteiger partial charge on any atom is -0.490 e. The normalized spacial score (nSPS) is 15.0. The van der Waals surface area contributed by atoms with Gasteiger partial charge in [0.1, 0.15) is 12.4 Å². The van der Waals surface area contributed by atoms with E-state index in [9.17, 15) is 9.59 Å². The van der Waals surface area contributed by atoms with Crippen molar-refractivity contribution >= 4 is 12.0 Å². The van der Waals surface area contributed by atoms with Crippen molar-refractivity contribution in [1.82, 2.24) is 19.7 Å². The molecule has 0 aliphatic carbocycles. The number of benzene rings is 1. The van der Waals surface area contributed by atoms with E-state index in [1.807, 2.05) is 31.2 Å². The Kier molecular flexibility index (Phi) is 5.69. The van der Waals surface area contributed by atoms with E-state index < -0.39 is 0 Å². The van der Waals surface area contributed by atoms with E-state index in [1.54, 1.807) is 4.57 Å². The first kappa shape index (κ1) is 19.3. The molecule has 1 aromatic heterocycles. The molecule has 0 atom stereocenters. The van der Waals surface area contributed by atoms with Crippen LogP contribution in [-0.4, -0.2) is 40.0 Å². The van der Waals surface area contributed by atoms with E-state index in [2.05, 4.69) is 10.4 Å². The predicted octanol–water partition coefficient (Wildman–Crippen LogP) is 1.76. The van der Waals surface area contributed by atoms with Gasteiger partial charge < -0.3 is 14.8 Å². The average Bonchev–Trinajstić information content (AvgIpc) is 3.07. The summed E-state index contributed by atoms with van der Waals surface area (Å²) >= 11 is 0. The Morgan fingerprint density at radius 3 is 3.07 bits per heavy atom. The molecule has 1 aromatic carbocycles. The summed E-state index contributed by atoms with van der Waals surface area (Å²) in [6.45, 7) is 4.40. The molecule has 3 heterocycles. The number of rotatable bonds is 7. The Morgan fingerprint density at radius 1 is 1.34 bits per heavy atom. The van der Waals surface area contributed by atoms with Crippen molar-refractivity contribution in [3.05, 3.63) is 45.6 Å². The van der Waals surface area contributed by atoms with Gasteiger partial charge in [0.05, 0.1) is 12.2 Å². The highest BCUT2D eigenvalue weighted by molar-refractivity contribution is 5.99. The molecule has 8 nitrogen and oxygen atoms in total. The molecule has 0 fully saturated rings. The summed E-state index contributed by atoms with van der Waals surface area (Å²) in [6, 6.07) is 5.64. The summed E-state index contributed by atoms with van der Waals surface area (Å²) in [6.07, 6.45) is 5.45. The summed E-state index contributed by atoms with van der Waals surface area (Å²) in [5.74, 6) is 2.08. The zero-order chi connectivity index (χ0) is 20.2. The van der Waals surface area contributed by atoms with Crippen LogP contribution in [0.4, 0.5) is 0 Å². The van der Waals surface area contributed by atoms with Crippen molar-refractivity contribution in [3.63, 3.8) is 0 Å². The quantitative estimate of drug-likeness (QED) is 0.718. The molecule has 0 bridgehead atoms. The molecule has 0 saturated carbocycles. The third-order valence-corrected chi connectivity index (χ3v) is 5.17. The Balaban J connectivity index is 1.32. The third kappa shape index (κ3) is 4.06. The zero-order valence-electron chi connectivity index (χ0n) is 16.6. The Hall–Kier alpha value is -3.03. The van der Waals surface area contributed by atoms with E-state index in [0.717, 1.165) is 37.2 Å². The lowest BCUT2D eigenvalue weighted by atomic mass is 10.1. The number of aryl methyl sites for hydroxylation is 2. The van der Waals surface area contributed by atoms with Crippen LogP contribution in [0, 0.1) is 0 Å². The van der Waals surface area contributed by atoms with Crippen molar-refractivity contribution in [3.8, 4) is 11.5 Å². The Bertz CT molecular complexity index is 989. The van der Waals surface area contributed by atoms with Gasteiger partial charge in [0.25, 0.3) is 5.91 Å². The molecule has 2 aromatic rings. The van der Waals surface area contributed by atoms with Crippen molar-refractivity contribution in [1.29, 1.82) is 0 Å². The van der Waals surface area contributed by atoms with Crippen LogP contribution in [0.15, 0.2) is 28.6 Å². The molecular weight excluding hydrogens is 372 g/mol. The number of fused-ring (bicyclic) bond motifs is 2. The van der Waals surface area contributed by atoms with Gasteiger partial charge in [-0.3, -0.25) is 9.36 Å². The monoisotopic (exact) mass is 398 g/mol. The highest BCUT2D eigenvalue weighted by atomic mass is 16.5. The topological polar surface area (TPSA) is 87.4 Å². The molecule has 1 N–H and O–H groups in total. The molecule has 2 aliphatic rings. The predicted molar refractivity (Wildman–Crippen MR) is 108 cm³/mol. The summed E-state index contributed by atoms with van der Waals surface area (Å²) in [4.78, 5) is 24.8. The molecular formula is C21H26N4O4. The highest BCUT2D eigenvalue weighted by Gasteiger charge is 2.20. The van der Waals surface area contributed by atoms with Gasteiger partial charge in [-0.05, 0) is 38.3 Å². The molecule has 2 aliphatic heterocycles. The average molecular weight is 398 g/mol.